The molecule has 1 fully saturated rings. The quantitative estimate of drug-likeness (QED) is 0.233. The topological polar surface area (TPSA) is 32.7 Å². The average Bonchev–Trinajstić information content (AvgIpc) is 3.25. The van der Waals surface area contributed by atoms with Gasteiger partial charge in [0.05, 0.1) is 13.2 Å². The van der Waals surface area contributed by atoms with Crippen LogP contribution in [0.25, 0.3) is 11.1 Å². The van der Waals surface area contributed by atoms with Crippen molar-refractivity contribution in [2.45, 2.75) is 30.6 Å². The van der Waals surface area contributed by atoms with Crippen LogP contribution >= 0.6 is 24.0 Å². The van der Waals surface area contributed by atoms with Crippen LogP contribution in [0, 0.1) is 5.82 Å². The maximum atomic E-state index is 13.3. The largest absolute Gasteiger partial charge is 0.507 e. The van der Waals surface area contributed by atoms with Crippen LogP contribution in [0.15, 0.2) is 97.1 Å². The predicted molar refractivity (Wildman–Crippen MR) is 155 cm³/mol. The van der Waals surface area contributed by atoms with Gasteiger partial charge in [-0.1, -0.05) is 78.6 Å². The molecule has 4 aromatic rings. The van der Waals surface area contributed by atoms with Crippen molar-refractivity contribution >= 4 is 34.0 Å². The van der Waals surface area contributed by atoms with E-state index in [2.05, 4.69) is 41.3 Å². The molecule has 6 heteroatoms. The van der Waals surface area contributed by atoms with Gasteiger partial charge in [0.2, 0.25) is 0 Å². The third-order valence-electron chi connectivity index (χ3n) is 6.76. The molecule has 1 aliphatic heterocycles. The summed E-state index contributed by atoms with van der Waals surface area (Å²) in [4.78, 5) is 2.17. The number of phenolic OH excluding ortho intramolecular Hbond substituents is 1. The van der Waals surface area contributed by atoms with Crippen LogP contribution in [0.2, 0.25) is 0 Å². The van der Waals surface area contributed by atoms with Crippen molar-refractivity contribution in [1.29, 1.82) is 0 Å². The third-order valence-corrected chi connectivity index (χ3v) is 8.44. The maximum Gasteiger partial charge on any atom is 0.141 e. The van der Waals surface area contributed by atoms with Crippen molar-refractivity contribution in [2.24, 2.45) is 0 Å². The fourth-order valence-electron chi connectivity index (χ4n) is 4.86. The Balaban J connectivity index is 1.43. The smallest absolute Gasteiger partial charge is 0.141 e. The second-order valence-corrected chi connectivity index (χ2v) is 11.0. The highest BCUT2D eigenvalue weighted by atomic mass is 32.2. The first-order valence-electron chi connectivity index (χ1n) is 12.3. The molecule has 0 amide bonds. The van der Waals surface area contributed by atoms with Gasteiger partial charge in [-0.05, 0) is 72.4 Å². The Labute approximate surface area is 226 Å². The molecule has 0 saturated carbocycles. The monoisotopic (exact) mass is 529 g/mol. The Bertz CT molecular complexity index is 1360. The molecule has 2 atom stereocenters. The van der Waals surface area contributed by atoms with E-state index in [0.29, 0.717) is 5.75 Å². The summed E-state index contributed by atoms with van der Waals surface area (Å²) in [6.07, 6.45) is 2.69. The van der Waals surface area contributed by atoms with E-state index in [1.54, 1.807) is 24.9 Å². The van der Waals surface area contributed by atoms with Crippen LogP contribution in [0.5, 0.6) is 11.5 Å². The number of hydrogen-bond acceptors (Lipinski definition) is 4. The van der Waals surface area contributed by atoms with Crippen LogP contribution in [0.3, 0.4) is 0 Å². The standard InChI is InChI=1S/C31H28FNO2S2/c1-35-26-18-19-27(28(34)20-26)30-29(9-5-6-21-10-14-24(32)15-11-21)37-31(36)33(30)25-16-12-23(13-17-25)22-7-3-2-4-8-22/h2-4,7-8,10-20,29-30,34H,5-6,9H2,1H3/t29-,30+/m0/s1. The van der Waals surface area contributed by atoms with E-state index in [9.17, 15) is 9.50 Å². The van der Waals surface area contributed by atoms with E-state index in [-0.39, 0.29) is 22.9 Å². The van der Waals surface area contributed by atoms with E-state index in [1.807, 2.05) is 42.5 Å². The van der Waals surface area contributed by atoms with Crippen molar-refractivity contribution in [2.75, 3.05) is 12.0 Å². The van der Waals surface area contributed by atoms with Gasteiger partial charge in [-0.25, -0.2) is 4.39 Å². The molecule has 188 valence electrons. The molecule has 0 spiro atoms. The number of benzene rings is 4. The minimum Gasteiger partial charge on any atom is -0.507 e. The molecule has 0 unspecified atom stereocenters. The van der Waals surface area contributed by atoms with Crippen LogP contribution in [0.4, 0.5) is 10.1 Å². The van der Waals surface area contributed by atoms with Gasteiger partial charge < -0.3 is 14.7 Å². The summed E-state index contributed by atoms with van der Waals surface area (Å²) < 4.78 is 19.4. The highest BCUT2D eigenvalue weighted by molar-refractivity contribution is 8.24. The SMILES string of the molecule is COc1ccc([C@@H]2[C@H](CCCc3ccc(F)cc3)SC(=S)N2c2ccc(-c3ccccc3)cc2)c(O)c1. The lowest BCUT2D eigenvalue weighted by Crippen LogP contribution is -2.29. The highest BCUT2D eigenvalue weighted by Gasteiger charge is 2.41. The number of thiocarbonyl (C=S) groups is 1. The number of phenols is 1. The summed E-state index contributed by atoms with van der Waals surface area (Å²) in [5.74, 6) is 0.592. The van der Waals surface area contributed by atoms with Gasteiger partial charge >= 0.3 is 0 Å². The number of rotatable bonds is 8. The fraction of sp³-hybridized carbons (Fsp3) is 0.194. The summed E-state index contributed by atoms with van der Waals surface area (Å²) in [6, 6.07) is 30.8. The molecule has 4 aromatic carbocycles. The number of aryl methyl sites for hydroxylation is 1. The number of thioether (sulfide) groups is 1. The number of nitrogens with zero attached hydrogens (tertiary/aromatic N) is 1. The number of methoxy groups -OCH3 is 1. The number of ether oxygens (including phenoxy) is 1. The van der Waals surface area contributed by atoms with Crippen molar-refractivity contribution in [3.8, 4) is 22.6 Å². The molecule has 0 bridgehead atoms. The summed E-state index contributed by atoms with van der Waals surface area (Å²) >= 11 is 7.58. The van der Waals surface area contributed by atoms with Gasteiger partial charge in [0.15, 0.2) is 0 Å². The lowest BCUT2D eigenvalue weighted by Gasteiger charge is -2.30. The van der Waals surface area contributed by atoms with Gasteiger partial charge in [0.25, 0.3) is 0 Å². The van der Waals surface area contributed by atoms with Gasteiger partial charge in [0.1, 0.15) is 21.6 Å². The number of aromatic hydroxyl groups is 1. The third kappa shape index (κ3) is 5.65. The predicted octanol–water partition coefficient (Wildman–Crippen LogP) is 8.18. The Morgan fingerprint density at radius 1 is 0.919 bits per heavy atom. The van der Waals surface area contributed by atoms with Crippen LogP contribution < -0.4 is 9.64 Å². The van der Waals surface area contributed by atoms with Gasteiger partial charge in [-0.3, -0.25) is 0 Å². The summed E-state index contributed by atoms with van der Waals surface area (Å²) in [6.45, 7) is 0. The van der Waals surface area contributed by atoms with E-state index >= 15 is 0 Å². The highest BCUT2D eigenvalue weighted by Crippen LogP contribution is 2.49. The molecule has 37 heavy (non-hydrogen) atoms. The van der Waals surface area contributed by atoms with Crippen molar-refractivity contribution in [3.63, 3.8) is 0 Å². The first kappa shape index (κ1) is 25.3. The Hall–Kier alpha value is -3.35. The first-order valence-corrected chi connectivity index (χ1v) is 13.6. The molecule has 5 rings (SSSR count). The number of hydrogen-bond donors (Lipinski definition) is 1. The number of anilines is 1. The molecular formula is C31H28FNO2S2. The molecule has 0 radical (unpaired) electrons. The zero-order valence-electron chi connectivity index (χ0n) is 20.5. The van der Waals surface area contributed by atoms with Crippen molar-refractivity contribution in [1.82, 2.24) is 0 Å². The second-order valence-electron chi connectivity index (χ2n) is 9.09. The molecule has 0 aromatic heterocycles. The Kier molecular flexibility index (Phi) is 7.77. The summed E-state index contributed by atoms with van der Waals surface area (Å²) in [5.41, 5.74) is 5.24. The zero-order chi connectivity index (χ0) is 25.8. The zero-order valence-corrected chi connectivity index (χ0v) is 22.1. The Morgan fingerprint density at radius 3 is 2.30 bits per heavy atom. The minimum atomic E-state index is -0.218. The van der Waals surface area contributed by atoms with E-state index < -0.39 is 0 Å². The fourth-order valence-corrected chi connectivity index (χ4v) is 6.72. The molecule has 1 aliphatic rings. The molecule has 3 nitrogen and oxygen atoms in total. The molecule has 0 aliphatic carbocycles. The van der Waals surface area contributed by atoms with Crippen molar-refractivity contribution in [3.05, 3.63) is 114 Å². The van der Waals surface area contributed by atoms with Crippen LogP contribution in [-0.4, -0.2) is 21.8 Å². The maximum absolute atomic E-state index is 13.3. The lowest BCUT2D eigenvalue weighted by atomic mass is 9.96. The second kappa shape index (κ2) is 11.4. The normalized spacial score (nSPS) is 17.2. The molecule has 1 saturated heterocycles. The first-order chi connectivity index (χ1) is 18.0. The van der Waals surface area contributed by atoms with Gasteiger partial charge in [-0.2, -0.15) is 0 Å². The van der Waals surface area contributed by atoms with Gasteiger partial charge in [-0.15, -0.1) is 0 Å². The van der Waals surface area contributed by atoms with Crippen LogP contribution in [0.1, 0.15) is 30.0 Å². The average molecular weight is 530 g/mol. The van der Waals surface area contributed by atoms with E-state index in [4.69, 9.17) is 17.0 Å². The lowest BCUT2D eigenvalue weighted by molar-refractivity contribution is 0.405. The van der Waals surface area contributed by atoms with Gasteiger partial charge in [0, 0.05) is 22.6 Å². The minimum absolute atomic E-state index is 0.126. The van der Waals surface area contributed by atoms with Crippen LogP contribution in [-0.2, 0) is 6.42 Å². The Morgan fingerprint density at radius 2 is 1.62 bits per heavy atom. The summed E-state index contributed by atoms with van der Waals surface area (Å²) in [7, 11) is 1.59. The van der Waals surface area contributed by atoms with E-state index in [1.165, 1.54) is 12.1 Å². The molecule has 1 N–H and O–H groups in total. The van der Waals surface area contributed by atoms with Crippen molar-refractivity contribution < 1.29 is 14.2 Å². The van der Waals surface area contributed by atoms with E-state index in [0.717, 1.165) is 51.5 Å². The molecular weight excluding hydrogens is 501 g/mol. The number of halogens is 1. The molecule has 1 heterocycles. The summed E-state index contributed by atoms with van der Waals surface area (Å²) in [5, 5.41) is 11.1.